The van der Waals surface area contributed by atoms with Gasteiger partial charge in [0.25, 0.3) is 0 Å². The molecular formula is C13H17N5S. The van der Waals surface area contributed by atoms with E-state index in [1.807, 2.05) is 36.5 Å². The highest BCUT2D eigenvalue weighted by atomic mass is 32.1. The molecule has 19 heavy (non-hydrogen) atoms. The number of aliphatic imine (C=N–C) groups is 1. The molecule has 0 atom stereocenters. The van der Waals surface area contributed by atoms with Crippen LogP contribution in [0, 0.1) is 0 Å². The van der Waals surface area contributed by atoms with Crippen LogP contribution in [0.25, 0.3) is 0 Å². The summed E-state index contributed by atoms with van der Waals surface area (Å²) in [4.78, 5) is 9.96. The zero-order valence-electron chi connectivity index (χ0n) is 10.8. The van der Waals surface area contributed by atoms with E-state index in [-0.39, 0.29) is 0 Å². The lowest BCUT2D eigenvalue weighted by molar-refractivity contribution is 0.959. The molecule has 0 spiro atoms. The second-order valence-electron chi connectivity index (χ2n) is 3.87. The van der Waals surface area contributed by atoms with E-state index >= 15 is 0 Å². The van der Waals surface area contributed by atoms with Gasteiger partial charge < -0.3 is 5.32 Å². The van der Waals surface area contributed by atoms with Crippen molar-refractivity contribution in [1.82, 2.24) is 10.4 Å². The van der Waals surface area contributed by atoms with Crippen molar-refractivity contribution in [2.45, 2.75) is 19.9 Å². The molecule has 1 aromatic carbocycles. The van der Waals surface area contributed by atoms with Crippen LogP contribution >= 0.6 is 11.3 Å². The van der Waals surface area contributed by atoms with Gasteiger partial charge in [-0.25, -0.2) is 15.8 Å². The number of guanidine groups is 1. The van der Waals surface area contributed by atoms with Crippen LogP contribution in [0.1, 0.15) is 16.8 Å². The van der Waals surface area contributed by atoms with Crippen molar-refractivity contribution >= 4 is 23.0 Å². The van der Waals surface area contributed by atoms with Gasteiger partial charge >= 0.3 is 0 Å². The quantitative estimate of drug-likeness (QED) is 0.346. The Bertz CT molecular complexity index is 535. The van der Waals surface area contributed by atoms with Crippen LogP contribution in [0.2, 0.25) is 0 Å². The average molecular weight is 275 g/mol. The van der Waals surface area contributed by atoms with Gasteiger partial charge in [-0.2, -0.15) is 0 Å². The highest BCUT2D eigenvalue weighted by molar-refractivity contribution is 7.11. The summed E-state index contributed by atoms with van der Waals surface area (Å²) in [5, 5.41) is 4.10. The number of aromatic nitrogens is 1. The molecule has 0 aliphatic rings. The van der Waals surface area contributed by atoms with Gasteiger partial charge in [0.15, 0.2) is 0 Å². The van der Waals surface area contributed by atoms with Crippen molar-refractivity contribution in [3.8, 4) is 0 Å². The van der Waals surface area contributed by atoms with Crippen LogP contribution in [0.15, 0.2) is 41.5 Å². The first-order valence-electron chi connectivity index (χ1n) is 6.08. The van der Waals surface area contributed by atoms with Gasteiger partial charge in [-0.1, -0.05) is 25.1 Å². The lowest BCUT2D eigenvalue weighted by Crippen LogP contribution is -2.36. The molecule has 0 saturated carbocycles. The van der Waals surface area contributed by atoms with Crippen molar-refractivity contribution in [1.29, 1.82) is 0 Å². The number of para-hydroxylation sites is 1. The van der Waals surface area contributed by atoms with Crippen molar-refractivity contribution in [3.63, 3.8) is 0 Å². The predicted molar refractivity (Wildman–Crippen MR) is 80.0 cm³/mol. The normalized spacial score (nSPS) is 11.4. The minimum atomic E-state index is 0.518. The van der Waals surface area contributed by atoms with Gasteiger partial charge in [0.2, 0.25) is 5.96 Å². The van der Waals surface area contributed by atoms with E-state index in [4.69, 9.17) is 5.84 Å². The molecule has 0 saturated heterocycles. The summed E-state index contributed by atoms with van der Waals surface area (Å²) in [5.41, 5.74) is 3.49. The fraction of sp³-hybridized carbons (Fsp3) is 0.231. The third kappa shape index (κ3) is 4.04. The lowest BCUT2D eigenvalue weighted by Gasteiger charge is -2.08. The molecule has 0 unspecified atom stereocenters. The van der Waals surface area contributed by atoms with Crippen LogP contribution < -0.4 is 16.6 Å². The maximum absolute atomic E-state index is 5.46. The van der Waals surface area contributed by atoms with Gasteiger partial charge in [0, 0.05) is 16.8 Å². The Hall–Kier alpha value is -1.92. The Morgan fingerprint density at radius 3 is 2.79 bits per heavy atom. The van der Waals surface area contributed by atoms with E-state index < -0.39 is 0 Å². The van der Waals surface area contributed by atoms with Gasteiger partial charge in [-0.05, 0) is 18.6 Å². The fourth-order valence-corrected chi connectivity index (χ4v) is 2.30. The molecule has 5 nitrogen and oxygen atoms in total. The third-order valence-electron chi connectivity index (χ3n) is 2.50. The van der Waals surface area contributed by atoms with Crippen LogP contribution in [-0.2, 0) is 13.0 Å². The van der Waals surface area contributed by atoms with Crippen molar-refractivity contribution in [3.05, 3.63) is 46.4 Å². The zero-order chi connectivity index (χ0) is 13.5. The number of thiazole rings is 1. The van der Waals surface area contributed by atoms with Gasteiger partial charge in [-0.3, -0.25) is 5.43 Å². The van der Waals surface area contributed by atoms with Gasteiger partial charge in [-0.15, -0.1) is 11.3 Å². The standard InChI is InChI=1S/C13H17N5S/c1-2-11-8-15-12(19-11)9-16-13(18-14)17-10-6-4-3-5-7-10/h3-8H,2,9,14H2,1H3,(H2,16,17,18). The third-order valence-corrected chi connectivity index (χ3v) is 3.62. The van der Waals surface area contributed by atoms with Gasteiger partial charge in [0.1, 0.15) is 5.01 Å². The second kappa shape index (κ2) is 6.86. The Kier molecular flexibility index (Phi) is 4.88. The predicted octanol–water partition coefficient (Wildman–Crippen LogP) is 2.14. The number of nitrogens with zero attached hydrogens (tertiary/aromatic N) is 2. The number of nitrogens with two attached hydrogens (primary N) is 1. The first-order chi connectivity index (χ1) is 9.31. The molecule has 0 aliphatic carbocycles. The van der Waals surface area contributed by atoms with Gasteiger partial charge in [0.05, 0.1) is 6.54 Å². The first-order valence-corrected chi connectivity index (χ1v) is 6.90. The molecule has 0 bridgehead atoms. The van der Waals surface area contributed by atoms with Crippen LogP contribution in [0.4, 0.5) is 5.69 Å². The van der Waals surface area contributed by atoms with Crippen LogP contribution in [0.5, 0.6) is 0 Å². The minimum absolute atomic E-state index is 0.518. The maximum Gasteiger partial charge on any atom is 0.210 e. The molecule has 2 aromatic rings. The van der Waals surface area contributed by atoms with Crippen LogP contribution in [0.3, 0.4) is 0 Å². The fourth-order valence-electron chi connectivity index (χ4n) is 1.51. The smallest absolute Gasteiger partial charge is 0.210 e. The Morgan fingerprint density at radius 2 is 2.16 bits per heavy atom. The maximum atomic E-state index is 5.46. The molecule has 1 aromatic heterocycles. The van der Waals surface area contributed by atoms with E-state index in [1.54, 1.807) is 11.3 Å². The summed E-state index contributed by atoms with van der Waals surface area (Å²) in [5.74, 6) is 5.98. The van der Waals surface area contributed by atoms with E-state index in [1.165, 1.54) is 4.88 Å². The highest BCUT2D eigenvalue weighted by Crippen LogP contribution is 2.14. The lowest BCUT2D eigenvalue weighted by atomic mass is 10.3. The summed E-state index contributed by atoms with van der Waals surface area (Å²) >= 11 is 1.68. The number of hydrogen-bond acceptors (Lipinski definition) is 4. The minimum Gasteiger partial charge on any atom is -0.325 e. The molecule has 6 heteroatoms. The zero-order valence-corrected chi connectivity index (χ0v) is 11.6. The Morgan fingerprint density at radius 1 is 1.37 bits per heavy atom. The summed E-state index contributed by atoms with van der Waals surface area (Å²) in [6.07, 6.45) is 2.90. The molecule has 0 amide bonds. The van der Waals surface area contributed by atoms with E-state index in [2.05, 4.69) is 27.6 Å². The number of benzene rings is 1. The molecule has 100 valence electrons. The summed E-state index contributed by atoms with van der Waals surface area (Å²) < 4.78 is 0. The Balaban J connectivity index is 1.99. The monoisotopic (exact) mass is 275 g/mol. The molecule has 2 rings (SSSR count). The first kappa shape index (κ1) is 13.5. The number of nitrogens with one attached hydrogen (secondary N) is 2. The van der Waals surface area contributed by atoms with Crippen molar-refractivity contribution in [2.24, 2.45) is 10.8 Å². The molecule has 1 heterocycles. The molecule has 0 radical (unpaired) electrons. The summed E-state index contributed by atoms with van der Waals surface area (Å²) in [6.45, 7) is 2.63. The number of hydrogen-bond donors (Lipinski definition) is 3. The average Bonchev–Trinajstić information content (AvgIpc) is 2.92. The molecule has 0 fully saturated rings. The highest BCUT2D eigenvalue weighted by Gasteiger charge is 2.01. The van der Waals surface area contributed by atoms with Crippen LogP contribution in [-0.4, -0.2) is 10.9 Å². The number of anilines is 1. The number of aryl methyl sites for hydroxylation is 1. The van der Waals surface area contributed by atoms with Crippen molar-refractivity contribution in [2.75, 3.05) is 5.32 Å². The summed E-state index contributed by atoms with van der Waals surface area (Å²) in [7, 11) is 0. The Labute approximate surface area is 116 Å². The molecular weight excluding hydrogens is 258 g/mol. The SMILES string of the molecule is CCc1cnc(CN=C(NN)Nc2ccccc2)s1. The number of hydrazine groups is 1. The topological polar surface area (TPSA) is 75.3 Å². The van der Waals surface area contributed by atoms with Crippen molar-refractivity contribution < 1.29 is 0 Å². The second-order valence-corrected chi connectivity index (χ2v) is 5.07. The van der Waals surface area contributed by atoms with E-state index in [9.17, 15) is 0 Å². The van der Waals surface area contributed by atoms with E-state index in [0.29, 0.717) is 12.5 Å². The molecule has 0 aliphatic heterocycles. The molecule has 4 N–H and O–H groups in total. The van der Waals surface area contributed by atoms with E-state index in [0.717, 1.165) is 17.1 Å². The largest absolute Gasteiger partial charge is 0.325 e. The summed E-state index contributed by atoms with van der Waals surface area (Å²) in [6, 6.07) is 9.76. The number of rotatable bonds is 4.